The van der Waals surface area contributed by atoms with Crippen molar-refractivity contribution >= 4 is 40.6 Å². The highest BCUT2D eigenvalue weighted by molar-refractivity contribution is 6.31. The van der Waals surface area contributed by atoms with E-state index in [1.54, 1.807) is 18.3 Å². The van der Waals surface area contributed by atoms with E-state index in [0.717, 1.165) is 47.8 Å². The lowest BCUT2D eigenvalue weighted by molar-refractivity contribution is -0.115. The number of fused-ring (bicyclic) bond motifs is 3. The summed E-state index contributed by atoms with van der Waals surface area (Å²) in [6.45, 7) is 3.99. The van der Waals surface area contributed by atoms with Gasteiger partial charge in [0.2, 0.25) is 11.9 Å². The summed E-state index contributed by atoms with van der Waals surface area (Å²) in [5.74, 6) is 1.33. The van der Waals surface area contributed by atoms with Crippen LogP contribution in [0.25, 0.3) is 11.3 Å². The molecule has 3 aromatic rings. The Bertz CT molecular complexity index is 1250. The van der Waals surface area contributed by atoms with Gasteiger partial charge in [0.05, 0.1) is 29.2 Å². The number of amides is 1. The average molecular weight is 478 g/mol. The molecule has 8 nitrogen and oxygen atoms in total. The minimum Gasteiger partial charge on any atom is -0.355 e. The number of nitrogens with one attached hydrogen (secondary N) is 2. The molecule has 1 atom stereocenters. The molecule has 1 saturated heterocycles. The van der Waals surface area contributed by atoms with Crippen LogP contribution < -0.4 is 15.5 Å². The Morgan fingerprint density at radius 3 is 2.85 bits per heavy atom. The Morgan fingerprint density at radius 1 is 1.21 bits per heavy atom. The molecule has 0 spiro atoms. The van der Waals surface area contributed by atoms with Crippen molar-refractivity contribution in [1.82, 2.24) is 19.9 Å². The summed E-state index contributed by atoms with van der Waals surface area (Å²) in [6.07, 6.45) is 4.30. The highest BCUT2D eigenvalue weighted by Crippen LogP contribution is 2.35. The van der Waals surface area contributed by atoms with Crippen LogP contribution in [0.4, 0.5) is 23.1 Å². The second-order valence-corrected chi connectivity index (χ2v) is 9.55. The van der Waals surface area contributed by atoms with Crippen LogP contribution in [0.15, 0.2) is 36.5 Å². The normalized spacial score (nSPS) is 17.6. The number of aryl methyl sites for hydroxylation is 1. The van der Waals surface area contributed by atoms with Gasteiger partial charge in [0.1, 0.15) is 5.82 Å². The van der Waals surface area contributed by atoms with Gasteiger partial charge in [-0.25, -0.2) is 15.0 Å². The number of benzene rings is 1. The third-order valence-corrected chi connectivity index (χ3v) is 6.73. The molecule has 9 heteroatoms. The molecule has 0 aliphatic carbocycles. The number of pyridine rings is 1. The molecule has 0 saturated carbocycles. The number of halogens is 1. The van der Waals surface area contributed by atoms with Crippen LogP contribution in [0.1, 0.15) is 24.1 Å². The first kappa shape index (κ1) is 22.6. The smallest absolute Gasteiger partial charge is 0.228 e. The number of aromatic nitrogens is 3. The zero-order chi connectivity index (χ0) is 23.8. The Labute approximate surface area is 204 Å². The second-order valence-electron chi connectivity index (χ2n) is 9.12. The van der Waals surface area contributed by atoms with Crippen molar-refractivity contribution < 1.29 is 4.79 Å². The molecule has 34 heavy (non-hydrogen) atoms. The van der Waals surface area contributed by atoms with Crippen molar-refractivity contribution in [1.29, 1.82) is 0 Å². The molecule has 1 fully saturated rings. The van der Waals surface area contributed by atoms with E-state index in [-0.39, 0.29) is 12.3 Å². The minimum absolute atomic E-state index is 0.114. The van der Waals surface area contributed by atoms with E-state index in [9.17, 15) is 4.79 Å². The first-order chi connectivity index (χ1) is 16.4. The minimum atomic E-state index is -0.114. The topological polar surface area (TPSA) is 86.3 Å². The molecule has 2 aliphatic heterocycles. The standard InChI is InChI=1S/C25H28ClN7O/c1-15-20(8-9-22(28-15)33-10-4-5-18(14-33)32(2)3)30-25-27-13-16-11-23(34)29-21-12-17(26)6-7-19(21)24(16)31-25/h6-9,12-13,18H,4-5,10-11,14H2,1-3H3,(H,29,34)(H,27,30,31). The van der Waals surface area contributed by atoms with Crippen molar-refractivity contribution in [3.8, 4) is 11.3 Å². The largest absolute Gasteiger partial charge is 0.355 e. The SMILES string of the molecule is Cc1nc(N2CCCC(N(C)C)C2)ccc1Nc1ncc2c(n1)-c1ccc(Cl)cc1NC(=O)C2. The van der Waals surface area contributed by atoms with Crippen LogP contribution in [0.2, 0.25) is 5.02 Å². The fourth-order valence-electron chi connectivity index (χ4n) is 4.58. The van der Waals surface area contributed by atoms with E-state index in [0.29, 0.717) is 28.4 Å². The molecule has 0 bridgehead atoms. The van der Waals surface area contributed by atoms with Crippen molar-refractivity contribution in [3.05, 3.63) is 52.8 Å². The monoisotopic (exact) mass is 477 g/mol. The molecule has 2 N–H and O–H groups in total. The van der Waals surface area contributed by atoms with Gasteiger partial charge in [0.15, 0.2) is 0 Å². The predicted octanol–water partition coefficient (Wildman–Crippen LogP) is 4.27. The summed E-state index contributed by atoms with van der Waals surface area (Å²) in [4.78, 5) is 31.1. The average Bonchev–Trinajstić information content (AvgIpc) is 2.95. The lowest BCUT2D eigenvalue weighted by atomic mass is 10.0. The van der Waals surface area contributed by atoms with Gasteiger partial charge < -0.3 is 20.4 Å². The maximum Gasteiger partial charge on any atom is 0.228 e. The molecule has 1 unspecified atom stereocenters. The molecule has 0 radical (unpaired) electrons. The van der Waals surface area contributed by atoms with Crippen molar-refractivity contribution in [3.63, 3.8) is 0 Å². The Kier molecular flexibility index (Phi) is 6.10. The number of nitrogens with zero attached hydrogens (tertiary/aromatic N) is 5. The Hall–Kier alpha value is -3.23. The molecule has 4 heterocycles. The molecular weight excluding hydrogens is 450 g/mol. The summed E-state index contributed by atoms with van der Waals surface area (Å²) < 4.78 is 0. The van der Waals surface area contributed by atoms with Gasteiger partial charge >= 0.3 is 0 Å². The van der Waals surface area contributed by atoms with E-state index in [1.807, 2.05) is 19.1 Å². The zero-order valence-electron chi connectivity index (χ0n) is 19.6. The van der Waals surface area contributed by atoms with Gasteiger partial charge in [-0.3, -0.25) is 4.79 Å². The summed E-state index contributed by atoms with van der Waals surface area (Å²) >= 11 is 6.14. The number of anilines is 4. The maximum absolute atomic E-state index is 12.3. The first-order valence-corrected chi connectivity index (χ1v) is 11.9. The van der Waals surface area contributed by atoms with Gasteiger partial charge in [-0.05, 0) is 64.2 Å². The number of carbonyl (C=O) groups is 1. The maximum atomic E-state index is 12.3. The number of piperidine rings is 1. The van der Waals surface area contributed by atoms with Crippen LogP contribution in [-0.2, 0) is 11.2 Å². The highest BCUT2D eigenvalue weighted by atomic mass is 35.5. The number of carbonyl (C=O) groups excluding carboxylic acids is 1. The van der Waals surface area contributed by atoms with Gasteiger partial charge in [-0.2, -0.15) is 0 Å². The van der Waals surface area contributed by atoms with Crippen molar-refractivity contribution in [2.75, 3.05) is 42.7 Å². The fourth-order valence-corrected chi connectivity index (χ4v) is 4.76. The van der Waals surface area contributed by atoms with Crippen LogP contribution in [0.5, 0.6) is 0 Å². The van der Waals surface area contributed by atoms with Gasteiger partial charge in [0, 0.05) is 41.5 Å². The van der Waals surface area contributed by atoms with Gasteiger partial charge in [-0.15, -0.1) is 0 Å². The fraction of sp³-hybridized carbons (Fsp3) is 0.360. The molecule has 1 aromatic carbocycles. The van der Waals surface area contributed by atoms with E-state index in [1.165, 1.54) is 6.42 Å². The zero-order valence-corrected chi connectivity index (χ0v) is 20.4. The Balaban J connectivity index is 1.41. The van der Waals surface area contributed by atoms with Gasteiger partial charge in [-0.1, -0.05) is 11.6 Å². The van der Waals surface area contributed by atoms with E-state index < -0.39 is 0 Å². The number of hydrogen-bond donors (Lipinski definition) is 2. The van der Waals surface area contributed by atoms with Gasteiger partial charge in [0.25, 0.3) is 0 Å². The van der Waals surface area contributed by atoms with E-state index in [4.69, 9.17) is 21.6 Å². The third kappa shape index (κ3) is 4.56. The van der Waals surface area contributed by atoms with Crippen LogP contribution >= 0.6 is 11.6 Å². The predicted molar refractivity (Wildman–Crippen MR) is 136 cm³/mol. The summed E-state index contributed by atoms with van der Waals surface area (Å²) in [7, 11) is 4.28. The number of hydrogen-bond acceptors (Lipinski definition) is 7. The molecule has 5 rings (SSSR count). The van der Waals surface area contributed by atoms with Crippen molar-refractivity contribution in [2.45, 2.75) is 32.2 Å². The third-order valence-electron chi connectivity index (χ3n) is 6.49. The quantitative estimate of drug-likeness (QED) is 0.580. The lowest BCUT2D eigenvalue weighted by Crippen LogP contribution is -2.45. The Morgan fingerprint density at radius 2 is 2.06 bits per heavy atom. The van der Waals surface area contributed by atoms with Crippen LogP contribution in [0.3, 0.4) is 0 Å². The summed E-state index contributed by atoms with van der Waals surface area (Å²) in [6, 6.07) is 10.0. The van der Waals surface area contributed by atoms with Crippen molar-refractivity contribution in [2.24, 2.45) is 0 Å². The number of rotatable bonds is 4. The van der Waals surface area contributed by atoms with E-state index >= 15 is 0 Å². The second kappa shape index (κ2) is 9.19. The van der Waals surface area contributed by atoms with E-state index in [2.05, 4.69) is 45.6 Å². The summed E-state index contributed by atoms with van der Waals surface area (Å²) in [5, 5.41) is 6.77. The lowest BCUT2D eigenvalue weighted by Gasteiger charge is -2.37. The molecule has 176 valence electrons. The first-order valence-electron chi connectivity index (χ1n) is 11.5. The molecular formula is C25H28ClN7O. The van der Waals surface area contributed by atoms with Crippen LogP contribution in [-0.4, -0.2) is 59.0 Å². The highest BCUT2D eigenvalue weighted by Gasteiger charge is 2.23. The van der Waals surface area contributed by atoms with Crippen LogP contribution in [0, 0.1) is 6.92 Å². The summed E-state index contributed by atoms with van der Waals surface area (Å²) in [5.41, 5.74) is 4.70. The molecule has 1 amide bonds. The molecule has 2 aromatic heterocycles. The number of likely N-dealkylation sites (N-methyl/N-ethyl adjacent to an activating group) is 1. The molecule has 2 aliphatic rings.